The molecule has 0 radical (unpaired) electrons. The summed E-state index contributed by atoms with van der Waals surface area (Å²) >= 11 is 3.16. The zero-order chi connectivity index (χ0) is 25.5. The highest BCUT2D eigenvalue weighted by atomic mass is 32.1. The van der Waals surface area contributed by atoms with Crippen LogP contribution in [0.2, 0.25) is 0 Å². The number of likely N-dealkylation sites (N-methyl/N-ethyl adjacent to an activating group) is 1. The number of hydrogen-bond donors (Lipinski definition) is 3. The van der Waals surface area contributed by atoms with Crippen molar-refractivity contribution in [3.63, 3.8) is 0 Å². The van der Waals surface area contributed by atoms with Crippen molar-refractivity contribution in [1.29, 1.82) is 0 Å². The van der Waals surface area contributed by atoms with Crippen molar-refractivity contribution in [2.75, 3.05) is 19.5 Å². The molecule has 0 fully saturated rings. The summed E-state index contributed by atoms with van der Waals surface area (Å²) in [6, 6.07) is 15.6. The highest BCUT2D eigenvalue weighted by Crippen LogP contribution is 2.30. The van der Waals surface area contributed by atoms with Crippen molar-refractivity contribution in [2.45, 2.75) is 19.5 Å². The predicted molar refractivity (Wildman–Crippen MR) is 143 cm³/mol. The van der Waals surface area contributed by atoms with Gasteiger partial charge in [-0.3, -0.25) is 9.59 Å². The summed E-state index contributed by atoms with van der Waals surface area (Å²) in [6.45, 7) is 2.01. The molecule has 0 saturated heterocycles. The van der Waals surface area contributed by atoms with Crippen LogP contribution in [0, 0.1) is 0 Å². The number of hydrogen-bond acceptors (Lipinski definition) is 8. The average Bonchev–Trinajstić information content (AvgIpc) is 3.60. The van der Waals surface area contributed by atoms with E-state index in [1.54, 1.807) is 74.9 Å². The molecule has 2 amide bonds. The lowest BCUT2D eigenvalue weighted by molar-refractivity contribution is -0.117. The van der Waals surface area contributed by atoms with Crippen LogP contribution >= 0.6 is 22.7 Å². The number of benzene rings is 2. The standard InChI is InChI=1S/C26H26N4O4S2/c1-16(27-2)24(31)29-17-6-11-22(34-20-9-7-19(33-3)8-10-20)21(13-17)25(32)28-14-18-15-36-26(30-18)23-5-4-12-35-23/h4-13,15-16,27H,14H2,1-3H3,(H,28,32)(H,29,31). The number of nitrogens with zero attached hydrogens (tertiary/aromatic N) is 1. The van der Waals surface area contributed by atoms with Gasteiger partial charge in [-0.1, -0.05) is 6.07 Å². The molecule has 186 valence electrons. The highest BCUT2D eigenvalue weighted by molar-refractivity contribution is 7.20. The molecule has 0 spiro atoms. The van der Waals surface area contributed by atoms with Gasteiger partial charge in [-0.2, -0.15) is 0 Å². The van der Waals surface area contributed by atoms with Crippen LogP contribution in [0.3, 0.4) is 0 Å². The molecule has 0 aliphatic carbocycles. The van der Waals surface area contributed by atoms with Crippen LogP contribution in [0.25, 0.3) is 9.88 Å². The van der Waals surface area contributed by atoms with Crippen LogP contribution in [0.1, 0.15) is 23.0 Å². The van der Waals surface area contributed by atoms with Crippen molar-refractivity contribution >= 4 is 40.2 Å². The van der Waals surface area contributed by atoms with E-state index in [2.05, 4.69) is 20.9 Å². The first kappa shape index (κ1) is 25.4. The van der Waals surface area contributed by atoms with E-state index >= 15 is 0 Å². The van der Waals surface area contributed by atoms with Crippen LogP contribution in [0.15, 0.2) is 65.4 Å². The van der Waals surface area contributed by atoms with E-state index in [9.17, 15) is 9.59 Å². The Morgan fingerprint density at radius 3 is 2.53 bits per heavy atom. The maximum atomic E-state index is 13.2. The van der Waals surface area contributed by atoms with Crippen molar-refractivity contribution in [3.05, 3.63) is 76.6 Å². The van der Waals surface area contributed by atoms with E-state index in [1.807, 2.05) is 22.9 Å². The summed E-state index contributed by atoms with van der Waals surface area (Å²) in [4.78, 5) is 31.3. The normalized spacial score (nSPS) is 11.5. The zero-order valence-corrected chi connectivity index (χ0v) is 21.7. The van der Waals surface area contributed by atoms with Crippen LogP contribution < -0.4 is 25.4 Å². The van der Waals surface area contributed by atoms with Crippen LogP contribution in [0.4, 0.5) is 5.69 Å². The molecule has 1 atom stereocenters. The maximum Gasteiger partial charge on any atom is 0.255 e. The molecule has 8 nitrogen and oxygen atoms in total. The predicted octanol–water partition coefficient (Wildman–Crippen LogP) is 5.15. The second-order valence-electron chi connectivity index (χ2n) is 7.79. The third kappa shape index (κ3) is 6.28. The number of amides is 2. The Labute approximate surface area is 217 Å². The number of ether oxygens (including phenoxy) is 2. The first-order chi connectivity index (χ1) is 17.5. The van der Waals surface area contributed by atoms with E-state index in [1.165, 1.54) is 11.3 Å². The quantitative estimate of drug-likeness (QED) is 0.266. The Bertz CT molecular complexity index is 1320. The lowest BCUT2D eigenvalue weighted by Gasteiger charge is -2.15. The number of rotatable bonds is 10. The van der Waals surface area contributed by atoms with E-state index in [4.69, 9.17) is 9.47 Å². The second-order valence-corrected chi connectivity index (χ2v) is 9.60. The summed E-state index contributed by atoms with van der Waals surface area (Å²) in [5, 5.41) is 13.5. The van der Waals surface area contributed by atoms with Crippen molar-refractivity contribution < 1.29 is 19.1 Å². The molecule has 4 rings (SSSR count). The molecule has 36 heavy (non-hydrogen) atoms. The molecule has 0 bridgehead atoms. The van der Waals surface area contributed by atoms with Gasteiger partial charge in [0.2, 0.25) is 5.91 Å². The minimum Gasteiger partial charge on any atom is -0.497 e. The highest BCUT2D eigenvalue weighted by Gasteiger charge is 2.18. The Balaban J connectivity index is 1.54. The first-order valence-corrected chi connectivity index (χ1v) is 12.9. The number of carbonyl (C=O) groups is 2. The third-order valence-corrected chi connectivity index (χ3v) is 7.25. The van der Waals surface area contributed by atoms with Crippen LogP contribution in [-0.4, -0.2) is 37.0 Å². The molecule has 0 saturated carbocycles. The van der Waals surface area contributed by atoms with Gasteiger partial charge in [0.1, 0.15) is 22.3 Å². The topological polar surface area (TPSA) is 102 Å². The number of methoxy groups -OCH3 is 1. The number of carbonyl (C=O) groups excluding carboxylic acids is 2. The summed E-state index contributed by atoms with van der Waals surface area (Å²) in [6.07, 6.45) is 0. The molecule has 2 aromatic carbocycles. The molecular formula is C26H26N4O4S2. The molecule has 3 N–H and O–H groups in total. The summed E-state index contributed by atoms with van der Waals surface area (Å²) in [5.74, 6) is 1.04. The summed E-state index contributed by atoms with van der Waals surface area (Å²) < 4.78 is 11.2. The van der Waals surface area contributed by atoms with Crippen molar-refractivity contribution in [2.24, 2.45) is 0 Å². The first-order valence-electron chi connectivity index (χ1n) is 11.2. The van der Waals surface area contributed by atoms with Crippen LogP contribution in [0.5, 0.6) is 17.2 Å². The van der Waals surface area contributed by atoms with Gasteiger partial charge < -0.3 is 25.4 Å². The fraction of sp³-hybridized carbons (Fsp3) is 0.192. The molecule has 2 heterocycles. The Morgan fingerprint density at radius 2 is 1.83 bits per heavy atom. The fourth-order valence-corrected chi connectivity index (χ4v) is 4.83. The molecule has 2 aromatic heterocycles. The molecule has 4 aromatic rings. The van der Waals surface area contributed by atoms with Gasteiger partial charge in [0.25, 0.3) is 5.91 Å². The molecule has 10 heteroatoms. The van der Waals surface area contributed by atoms with Gasteiger partial charge in [-0.05, 0) is 67.9 Å². The molecule has 0 aliphatic rings. The van der Waals surface area contributed by atoms with Crippen molar-refractivity contribution in [1.82, 2.24) is 15.6 Å². The Hall–Kier alpha value is -3.73. The van der Waals surface area contributed by atoms with E-state index in [-0.39, 0.29) is 30.0 Å². The van der Waals surface area contributed by atoms with E-state index < -0.39 is 0 Å². The van der Waals surface area contributed by atoms with Crippen molar-refractivity contribution in [3.8, 4) is 27.1 Å². The lowest BCUT2D eigenvalue weighted by Crippen LogP contribution is -2.35. The van der Waals surface area contributed by atoms with Gasteiger partial charge in [-0.15, -0.1) is 22.7 Å². The number of nitrogens with one attached hydrogen (secondary N) is 3. The number of thiophene rings is 1. The smallest absolute Gasteiger partial charge is 0.255 e. The Kier molecular flexibility index (Phi) is 8.32. The summed E-state index contributed by atoms with van der Waals surface area (Å²) in [7, 11) is 3.29. The van der Waals surface area contributed by atoms with Crippen LogP contribution in [-0.2, 0) is 11.3 Å². The maximum absolute atomic E-state index is 13.2. The summed E-state index contributed by atoms with van der Waals surface area (Å²) in [5.41, 5.74) is 1.54. The average molecular weight is 523 g/mol. The number of aromatic nitrogens is 1. The second kappa shape index (κ2) is 11.8. The van der Waals surface area contributed by atoms with Gasteiger partial charge in [-0.25, -0.2) is 4.98 Å². The number of anilines is 1. The van der Waals surface area contributed by atoms with Gasteiger partial charge in [0.05, 0.1) is 35.8 Å². The lowest BCUT2D eigenvalue weighted by atomic mass is 10.1. The third-order valence-electron chi connectivity index (χ3n) is 5.32. The van der Waals surface area contributed by atoms with Gasteiger partial charge >= 0.3 is 0 Å². The van der Waals surface area contributed by atoms with Gasteiger partial charge in [0.15, 0.2) is 0 Å². The Morgan fingerprint density at radius 1 is 1.06 bits per heavy atom. The minimum atomic E-state index is -0.389. The number of thiazole rings is 1. The molecule has 0 aliphatic heterocycles. The zero-order valence-electron chi connectivity index (χ0n) is 20.0. The molecule has 1 unspecified atom stereocenters. The monoisotopic (exact) mass is 522 g/mol. The fourth-order valence-electron chi connectivity index (χ4n) is 3.19. The largest absolute Gasteiger partial charge is 0.497 e. The molecular weight excluding hydrogens is 496 g/mol. The van der Waals surface area contributed by atoms with E-state index in [0.29, 0.717) is 22.9 Å². The SMILES string of the molecule is CNC(C)C(=O)Nc1ccc(Oc2ccc(OC)cc2)c(C(=O)NCc2csc(-c3cccs3)n2)c1. The van der Waals surface area contributed by atoms with Gasteiger partial charge in [0, 0.05) is 11.1 Å². The minimum absolute atomic E-state index is 0.212. The van der Waals surface area contributed by atoms with E-state index in [0.717, 1.165) is 15.6 Å².